The second kappa shape index (κ2) is 15.2. The maximum Gasteiger partial charge on any atom is 0.250 e. The molecular formula is C45H45Cl2F2N7O3. The van der Waals surface area contributed by atoms with Gasteiger partial charge in [0.2, 0.25) is 11.8 Å². The molecule has 59 heavy (non-hydrogen) atoms. The summed E-state index contributed by atoms with van der Waals surface area (Å²) in [6.07, 6.45) is 6.21. The molecule has 2 aromatic carbocycles. The van der Waals surface area contributed by atoms with Gasteiger partial charge in [0.05, 0.1) is 45.6 Å². The molecule has 14 heteroatoms. The van der Waals surface area contributed by atoms with Crippen molar-refractivity contribution in [3.63, 3.8) is 0 Å². The van der Waals surface area contributed by atoms with E-state index in [1.807, 2.05) is 17.9 Å². The van der Waals surface area contributed by atoms with Crippen molar-refractivity contribution in [2.75, 3.05) is 26.7 Å². The van der Waals surface area contributed by atoms with Crippen molar-refractivity contribution >= 4 is 50.9 Å². The number of carbonyl (C=O) groups is 1. The van der Waals surface area contributed by atoms with Crippen molar-refractivity contribution in [2.24, 2.45) is 11.8 Å². The van der Waals surface area contributed by atoms with E-state index in [0.29, 0.717) is 39.8 Å². The summed E-state index contributed by atoms with van der Waals surface area (Å²) in [6, 6.07) is 14.2. The minimum absolute atomic E-state index is 0.0121. The van der Waals surface area contributed by atoms with Gasteiger partial charge in [-0.25, -0.2) is 18.7 Å². The summed E-state index contributed by atoms with van der Waals surface area (Å²) in [5, 5.41) is 15.3. The number of halogens is 4. The quantitative estimate of drug-likeness (QED) is 0.141. The molecule has 10 nitrogen and oxygen atoms in total. The maximum absolute atomic E-state index is 17.8. The first kappa shape index (κ1) is 38.6. The number of amides is 1. The Bertz CT molecular complexity index is 2530. The standard InChI is InChI=1S/C45H45Cl2F2N7O3/c1-23(34-11-6-16-54(34)2)58-43-30-20-36(35-19-27(22-55(35)45(57)24-12-13-24)59-44-32(48)10-5-15-51-44)56(41-26-18-33(41)52-21-26)42(30)29-17-25(7-4-14-50)37(39(49)40(29)53-43)28-8-3-9-31(46)38(28)47/h3,5,8-10,15,17,20,23-24,26-27,33-35,41,52H,4,6-7,11-13,16,18-19,21-22H2,1-2H3/t23?,26-,27+,33-,34+,35-,41+/m1/s1. The number of fused-ring (bicyclic) bond motifs is 4. The van der Waals surface area contributed by atoms with Crippen LogP contribution in [0.1, 0.15) is 75.2 Å². The van der Waals surface area contributed by atoms with Gasteiger partial charge >= 0.3 is 0 Å². The van der Waals surface area contributed by atoms with Gasteiger partial charge in [-0.15, -0.1) is 0 Å². The number of hydrogen-bond donors (Lipinski definition) is 1. The molecule has 2 saturated carbocycles. The number of aromatic nitrogens is 3. The van der Waals surface area contributed by atoms with E-state index in [0.717, 1.165) is 61.8 Å². The first-order valence-corrected chi connectivity index (χ1v) is 21.6. The number of likely N-dealkylation sites (tertiary alicyclic amines) is 2. The molecule has 7 atom stereocenters. The van der Waals surface area contributed by atoms with Crippen molar-refractivity contribution in [1.29, 1.82) is 5.26 Å². The van der Waals surface area contributed by atoms with Crippen molar-refractivity contribution in [3.05, 3.63) is 81.6 Å². The van der Waals surface area contributed by atoms with Crippen LogP contribution in [0, 0.1) is 34.8 Å². The Labute approximate surface area is 351 Å². The van der Waals surface area contributed by atoms with Gasteiger partial charge in [0.25, 0.3) is 5.88 Å². The van der Waals surface area contributed by atoms with Crippen molar-refractivity contribution in [2.45, 2.75) is 94.7 Å². The fraction of sp³-hybridized carbons (Fsp3) is 0.467. The molecule has 4 saturated heterocycles. The Morgan fingerprint density at radius 2 is 1.95 bits per heavy atom. The molecule has 1 unspecified atom stereocenters. The topological polar surface area (TPSA) is 109 Å². The zero-order valence-electron chi connectivity index (χ0n) is 32.9. The fourth-order valence-electron chi connectivity index (χ4n) is 10.4. The zero-order chi connectivity index (χ0) is 40.7. The highest BCUT2D eigenvalue weighted by molar-refractivity contribution is 6.43. The molecule has 3 aromatic heterocycles. The van der Waals surface area contributed by atoms with E-state index in [1.165, 1.54) is 18.3 Å². The molecular weight excluding hydrogens is 795 g/mol. The lowest BCUT2D eigenvalue weighted by Crippen LogP contribution is -2.41. The molecule has 6 fully saturated rings. The van der Waals surface area contributed by atoms with Crippen LogP contribution in [0.25, 0.3) is 32.9 Å². The van der Waals surface area contributed by atoms with Crippen LogP contribution in [0.3, 0.4) is 0 Å². The third-order valence-electron chi connectivity index (χ3n) is 13.4. The van der Waals surface area contributed by atoms with Crippen molar-refractivity contribution in [1.82, 2.24) is 29.7 Å². The molecule has 5 aromatic rings. The van der Waals surface area contributed by atoms with Crippen LogP contribution in [0.4, 0.5) is 8.78 Å². The third-order valence-corrected chi connectivity index (χ3v) is 14.3. The number of ether oxygens (including phenoxy) is 2. The highest BCUT2D eigenvalue weighted by atomic mass is 35.5. The van der Waals surface area contributed by atoms with Crippen molar-refractivity contribution < 1.29 is 23.0 Å². The maximum atomic E-state index is 17.8. The largest absolute Gasteiger partial charge is 0.472 e. The van der Waals surface area contributed by atoms with Gasteiger partial charge in [-0.1, -0.05) is 35.3 Å². The van der Waals surface area contributed by atoms with Crippen LogP contribution in [-0.4, -0.2) is 81.2 Å². The Morgan fingerprint density at radius 1 is 1.10 bits per heavy atom. The molecule has 11 rings (SSSR count). The molecule has 7 heterocycles. The van der Waals surface area contributed by atoms with Gasteiger partial charge in [-0.05, 0) is 101 Å². The van der Waals surface area contributed by atoms with Gasteiger partial charge < -0.3 is 24.3 Å². The molecule has 2 bridgehead atoms. The third kappa shape index (κ3) is 6.60. The van der Waals surface area contributed by atoms with Crippen LogP contribution >= 0.6 is 23.2 Å². The second-order valence-electron chi connectivity index (χ2n) is 17.1. The van der Waals surface area contributed by atoms with E-state index in [-0.39, 0.29) is 77.4 Å². The lowest BCUT2D eigenvalue weighted by Gasteiger charge is -2.39. The SMILES string of the molecule is CC(Oc1nc2c(F)c(-c3cccc(Cl)c3Cl)c(CCC#N)cc2c2c1cc([C@H]1C[C@H](Oc3ncccc3F)CN1C(=O)C1CC1)n2[C@H]1[C@H]2CN[C@@H]1C2)[C@@H]1CCCN1C. The van der Waals surface area contributed by atoms with E-state index in [9.17, 15) is 14.4 Å². The molecule has 0 radical (unpaired) electrons. The van der Waals surface area contributed by atoms with E-state index in [2.05, 4.69) is 39.0 Å². The first-order valence-electron chi connectivity index (χ1n) is 20.8. The van der Waals surface area contributed by atoms with E-state index in [1.54, 1.807) is 18.2 Å². The van der Waals surface area contributed by atoms with Crippen LogP contribution < -0.4 is 14.8 Å². The number of nitrogens with zero attached hydrogens (tertiary/aromatic N) is 6. The predicted molar refractivity (Wildman–Crippen MR) is 222 cm³/mol. The number of likely N-dealkylation sites (N-methyl/N-ethyl adjacent to an activating group) is 1. The molecule has 1 amide bonds. The zero-order valence-corrected chi connectivity index (χ0v) is 34.4. The lowest BCUT2D eigenvalue weighted by atomic mass is 9.79. The van der Waals surface area contributed by atoms with Crippen LogP contribution in [0.2, 0.25) is 10.0 Å². The number of nitrogens with one attached hydrogen (secondary N) is 1. The van der Waals surface area contributed by atoms with Gasteiger partial charge in [0.15, 0.2) is 11.6 Å². The molecule has 1 N–H and O–H groups in total. The summed E-state index contributed by atoms with van der Waals surface area (Å²) in [4.78, 5) is 27.6. The summed E-state index contributed by atoms with van der Waals surface area (Å²) >= 11 is 13.3. The first-order chi connectivity index (χ1) is 28.6. The highest BCUT2D eigenvalue weighted by Crippen LogP contribution is 2.52. The molecule has 0 spiro atoms. The molecule has 4 aliphatic heterocycles. The Morgan fingerprint density at radius 3 is 2.66 bits per heavy atom. The monoisotopic (exact) mass is 839 g/mol. The smallest absolute Gasteiger partial charge is 0.250 e. The summed E-state index contributed by atoms with van der Waals surface area (Å²) in [5.74, 6) is -0.612. The van der Waals surface area contributed by atoms with Gasteiger partial charge in [-0.2, -0.15) is 5.26 Å². The summed E-state index contributed by atoms with van der Waals surface area (Å²) in [7, 11) is 2.10. The lowest BCUT2D eigenvalue weighted by molar-refractivity contribution is -0.133. The summed E-state index contributed by atoms with van der Waals surface area (Å²) in [6.45, 7) is 4.11. The van der Waals surface area contributed by atoms with Crippen LogP contribution in [-0.2, 0) is 11.2 Å². The van der Waals surface area contributed by atoms with Crippen LogP contribution in [0.15, 0.2) is 48.7 Å². The number of carbonyl (C=O) groups excluding carboxylic acids is 1. The van der Waals surface area contributed by atoms with E-state index < -0.39 is 23.8 Å². The fourth-order valence-corrected chi connectivity index (χ4v) is 10.8. The van der Waals surface area contributed by atoms with E-state index >= 15 is 4.39 Å². The Balaban J connectivity index is 1.22. The minimum Gasteiger partial charge on any atom is -0.472 e. The average molecular weight is 841 g/mol. The summed E-state index contributed by atoms with van der Waals surface area (Å²) < 4.78 is 48.1. The number of pyridine rings is 2. The number of aryl methyl sites for hydroxylation is 1. The molecule has 306 valence electrons. The van der Waals surface area contributed by atoms with Crippen LogP contribution in [0.5, 0.6) is 11.8 Å². The number of nitriles is 1. The summed E-state index contributed by atoms with van der Waals surface area (Å²) in [5.41, 5.74) is 3.07. The van der Waals surface area contributed by atoms with Crippen molar-refractivity contribution in [3.8, 4) is 29.0 Å². The number of benzene rings is 2. The Kier molecular flexibility index (Phi) is 9.94. The minimum atomic E-state index is -0.571. The van der Waals surface area contributed by atoms with Gasteiger partial charge in [0, 0.05) is 65.8 Å². The number of hydrogen-bond acceptors (Lipinski definition) is 8. The van der Waals surface area contributed by atoms with Gasteiger partial charge in [0.1, 0.15) is 17.7 Å². The number of rotatable bonds is 11. The normalized spacial score (nSPS) is 25.7. The van der Waals surface area contributed by atoms with E-state index in [4.69, 9.17) is 37.7 Å². The van der Waals surface area contributed by atoms with Gasteiger partial charge in [-0.3, -0.25) is 9.69 Å². The second-order valence-corrected chi connectivity index (χ2v) is 17.8. The Hall–Kier alpha value is -4.54. The molecule has 2 aliphatic carbocycles. The average Bonchev–Trinajstić information content (AvgIpc) is 3.66. The highest BCUT2D eigenvalue weighted by Gasteiger charge is 2.51. The predicted octanol–water partition coefficient (Wildman–Crippen LogP) is 8.82. The molecule has 6 aliphatic rings.